The van der Waals surface area contributed by atoms with E-state index in [0.717, 1.165) is 37.1 Å². The number of ether oxygens (including phenoxy) is 1. The van der Waals surface area contributed by atoms with Gasteiger partial charge >= 0.3 is 5.97 Å². The van der Waals surface area contributed by atoms with Crippen molar-refractivity contribution in [2.45, 2.75) is 65.5 Å². The maximum absolute atomic E-state index is 12.2. The predicted octanol–water partition coefficient (Wildman–Crippen LogP) is 2.90. The van der Waals surface area contributed by atoms with Gasteiger partial charge in [-0.1, -0.05) is 12.8 Å². The minimum atomic E-state index is -0.429. The molecule has 0 aliphatic heterocycles. The Morgan fingerprint density at radius 1 is 1.32 bits per heavy atom. The topological polar surface area (TPSA) is 60.3 Å². The normalized spacial score (nSPS) is 15.3. The lowest BCUT2D eigenvalue weighted by Gasteiger charge is -2.14. The molecule has 1 fully saturated rings. The molecule has 0 aromatic carbocycles. The van der Waals surface area contributed by atoms with Crippen LogP contribution >= 0.6 is 0 Å². The Kier molecular flexibility index (Phi) is 5.27. The van der Waals surface area contributed by atoms with Crippen LogP contribution in [0.2, 0.25) is 0 Å². The first-order valence-electron chi connectivity index (χ1n) is 8.05. The Morgan fingerprint density at radius 2 is 1.95 bits per heavy atom. The monoisotopic (exact) mass is 306 g/mol. The average Bonchev–Trinajstić information content (AvgIpc) is 3.04. The maximum Gasteiger partial charge on any atom is 0.340 e. The summed E-state index contributed by atoms with van der Waals surface area (Å²) in [6, 6.07) is 2.36. The summed E-state index contributed by atoms with van der Waals surface area (Å²) in [6.07, 6.45) is 4.36. The Hall–Kier alpha value is -1.78. The van der Waals surface area contributed by atoms with Gasteiger partial charge in [0.05, 0.1) is 5.56 Å². The van der Waals surface area contributed by atoms with Crippen molar-refractivity contribution in [1.82, 2.24) is 9.88 Å². The molecule has 22 heavy (non-hydrogen) atoms. The molecule has 1 amide bonds. The van der Waals surface area contributed by atoms with Gasteiger partial charge in [0.2, 0.25) is 0 Å². The van der Waals surface area contributed by atoms with Crippen molar-refractivity contribution >= 4 is 11.9 Å². The van der Waals surface area contributed by atoms with E-state index in [0.29, 0.717) is 5.56 Å². The first kappa shape index (κ1) is 16.6. The van der Waals surface area contributed by atoms with E-state index in [4.69, 9.17) is 4.74 Å². The second-order valence-corrected chi connectivity index (χ2v) is 6.37. The third-order valence-corrected chi connectivity index (χ3v) is 4.28. The first-order valence-corrected chi connectivity index (χ1v) is 8.05. The van der Waals surface area contributed by atoms with Crippen LogP contribution in [-0.2, 0) is 9.53 Å². The lowest BCUT2D eigenvalue weighted by Crippen LogP contribution is -2.35. The molecule has 0 atom stereocenters. The van der Waals surface area contributed by atoms with Crippen molar-refractivity contribution in [1.29, 1.82) is 0 Å². The number of amides is 1. The SMILES string of the molecule is Cc1cc(C(=O)OCC(=O)NC2CCCC2)c(C)n1C(C)C. The molecule has 1 aromatic heterocycles. The first-order chi connectivity index (χ1) is 10.4. The van der Waals surface area contributed by atoms with Gasteiger partial charge in [-0.3, -0.25) is 4.79 Å². The lowest BCUT2D eigenvalue weighted by molar-refractivity contribution is -0.124. The molecule has 1 aromatic rings. The van der Waals surface area contributed by atoms with Gasteiger partial charge in [-0.2, -0.15) is 0 Å². The minimum Gasteiger partial charge on any atom is -0.452 e. The van der Waals surface area contributed by atoms with Gasteiger partial charge in [0.25, 0.3) is 5.91 Å². The van der Waals surface area contributed by atoms with Crippen LogP contribution in [0.3, 0.4) is 0 Å². The number of carbonyl (C=O) groups is 2. The zero-order valence-corrected chi connectivity index (χ0v) is 13.9. The van der Waals surface area contributed by atoms with Crippen LogP contribution in [0.25, 0.3) is 0 Å². The zero-order chi connectivity index (χ0) is 16.3. The molecule has 5 heteroatoms. The number of esters is 1. The summed E-state index contributed by atoms with van der Waals surface area (Å²) < 4.78 is 7.26. The number of rotatable bonds is 5. The van der Waals surface area contributed by atoms with Gasteiger partial charge in [0, 0.05) is 23.5 Å². The van der Waals surface area contributed by atoms with Gasteiger partial charge < -0.3 is 14.6 Å². The summed E-state index contributed by atoms with van der Waals surface area (Å²) in [6.45, 7) is 7.81. The molecule has 0 bridgehead atoms. The molecule has 1 N–H and O–H groups in total. The predicted molar refractivity (Wildman–Crippen MR) is 85.0 cm³/mol. The number of aryl methyl sites for hydroxylation is 1. The molecule has 1 aliphatic rings. The number of aromatic nitrogens is 1. The molecule has 122 valence electrons. The van der Waals surface area contributed by atoms with E-state index in [2.05, 4.69) is 23.7 Å². The van der Waals surface area contributed by atoms with Gasteiger partial charge in [0.15, 0.2) is 6.61 Å². The number of nitrogens with zero attached hydrogens (tertiary/aromatic N) is 1. The molecule has 0 spiro atoms. The average molecular weight is 306 g/mol. The van der Waals surface area contributed by atoms with Crippen molar-refractivity contribution in [3.8, 4) is 0 Å². The van der Waals surface area contributed by atoms with Crippen LogP contribution in [0.5, 0.6) is 0 Å². The number of carbonyl (C=O) groups excluding carboxylic acids is 2. The second kappa shape index (κ2) is 6.99. The van der Waals surface area contributed by atoms with Crippen LogP contribution in [0.15, 0.2) is 6.07 Å². The third-order valence-electron chi connectivity index (χ3n) is 4.28. The van der Waals surface area contributed by atoms with E-state index in [1.165, 1.54) is 0 Å². The number of nitrogens with one attached hydrogen (secondary N) is 1. The fraction of sp³-hybridized carbons (Fsp3) is 0.647. The molecule has 5 nitrogen and oxygen atoms in total. The highest BCUT2D eigenvalue weighted by molar-refractivity contribution is 5.92. The summed E-state index contributed by atoms with van der Waals surface area (Å²) in [4.78, 5) is 24.0. The van der Waals surface area contributed by atoms with E-state index in [1.807, 2.05) is 19.9 Å². The van der Waals surface area contributed by atoms with E-state index >= 15 is 0 Å². The lowest BCUT2D eigenvalue weighted by atomic mass is 10.2. The molecule has 0 saturated heterocycles. The van der Waals surface area contributed by atoms with Gasteiger partial charge in [-0.15, -0.1) is 0 Å². The molecular weight excluding hydrogens is 280 g/mol. The molecule has 0 unspecified atom stereocenters. The summed E-state index contributed by atoms with van der Waals surface area (Å²) in [5.74, 6) is -0.639. The Labute approximate surface area is 132 Å². The standard InChI is InChI=1S/C17H26N2O3/c1-11(2)19-12(3)9-15(13(19)4)17(21)22-10-16(20)18-14-7-5-6-8-14/h9,11,14H,5-8,10H2,1-4H3,(H,18,20). The van der Waals surface area contributed by atoms with Crippen LogP contribution in [0.4, 0.5) is 0 Å². The fourth-order valence-electron chi connectivity index (χ4n) is 3.33. The van der Waals surface area contributed by atoms with Crippen LogP contribution in [-0.4, -0.2) is 29.1 Å². The van der Waals surface area contributed by atoms with Gasteiger partial charge in [0.1, 0.15) is 0 Å². The molecule has 0 radical (unpaired) electrons. The second-order valence-electron chi connectivity index (χ2n) is 6.37. The molecule has 2 rings (SSSR count). The zero-order valence-electron chi connectivity index (χ0n) is 13.9. The highest BCUT2D eigenvalue weighted by atomic mass is 16.5. The molecule has 1 saturated carbocycles. The van der Waals surface area contributed by atoms with Crippen molar-refractivity contribution in [2.75, 3.05) is 6.61 Å². The van der Waals surface area contributed by atoms with E-state index in [1.54, 1.807) is 0 Å². The highest BCUT2D eigenvalue weighted by Gasteiger charge is 2.21. The van der Waals surface area contributed by atoms with Crippen molar-refractivity contribution in [3.63, 3.8) is 0 Å². The highest BCUT2D eigenvalue weighted by Crippen LogP contribution is 2.21. The third kappa shape index (κ3) is 3.70. The minimum absolute atomic E-state index is 0.208. The summed E-state index contributed by atoms with van der Waals surface area (Å²) in [5.41, 5.74) is 2.45. The van der Waals surface area contributed by atoms with Gasteiger partial charge in [-0.25, -0.2) is 4.79 Å². The summed E-state index contributed by atoms with van der Waals surface area (Å²) >= 11 is 0. The van der Waals surface area contributed by atoms with E-state index in [9.17, 15) is 9.59 Å². The van der Waals surface area contributed by atoms with Crippen molar-refractivity contribution < 1.29 is 14.3 Å². The van der Waals surface area contributed by atoms with E-state index in [-0.39, 0.29) is 24.6 Å². The molecule has 1 heterocycles. The number of hydrogen-bond donors (Lipinski definition) is 1. The van der Waals surface area contributed by atoms with E-state index < -0.39 is 5.97 Å². The van der Waals surface area contributed by atoms with Crippen LogP contribution in [0, 0.1) is 13.8 Å². The van der Waals surface area contributed by atoms with Gasteiger partial charge in [-0.05, 0) is 46.6 Å². The summed E-state index contributed by atoms with van der Waals surface area (Å²) in [5, 5.41) is 2.91. The van der Waals surface area contributed by atoms with Crippen molar-refractivity contribution in [3.05, 3.63) is 23.0 Å². The largest absolute Gasteiger partial charge is 0.452 e. The molecule has 1 aliphatic carbocycles. The Bertz CT molecular complexity index is 554. The Morgan fingerprint density at radius 3 is 2.50 bits per heavy atom. The van der Waals surface area contributed by atoms with Crippen LogP contribution < -0.4 is 5.32 Å². The quantitative estimate of drug-likeness (QED) is 0.851. The molecular formula is C17H26N2O3. The maximum atomic E-state index is 12.2. The summed E-state index contributed by atoms with van der Waals surface area (Å²) in [7, 11) is 0. The van der Waals surface area contributed by atoms with Crippen molar-refractivity contribution in [2.24, 2.45) is 0 Å². The van der Waals surface area contributed by atoms with Crippen LogP contribution in [0.1, 0.15) is 67.3 Å². The Balaban J connectivity index is 1.92. The number of hydrogen-bond acceptors (Lipinski definition) is 3. The fourth-order valence-corrected chi connectivity index (χ4v) is 3.33. The smallest absolute Gasteiger partial charge is 0.340 e.